The van der Waals surface area contributed by atoms with Crippen molar-refractivity contribution in [1.29, 1.82) is 0 Å². The topological polar surface area (TPSA) is 127 Å². The lowest BCUT2D eigenvalue weighted by molar-refractivity contribution is -0.383. The molecule has 0 aliphatic carbocycles. The Morgan fingerprint density at radius 1 is 1.00 bits per heavy atom. The standard InChI is InChI=1S/C7H5N3O2.C7H7N3/c11-10(12)7-4-9-6-1-2-8-3-5(6)7;8-6-4-10-7-1-2-9-3-5(6)7/h1-4,9H;1-4,10H,8H2. The zero-order valence-electron chi connectivity index (χ0n) is 11.4. The molecule has 4 aromatic heterocycles. The van der Waals surface area contributed by atoms with Crippen molar-refractivity contribution in [2.45, 2.75) is 0 Å². The number of hydrogen-bond acceptors (Lipinski definition) is 5. The van der Waals surface area contributed by atoms with Crippen molar-refractivity contribution >= 4 is 33.2 Å². The highest BCUT2D eigenvalue weighted by atomic mass is 16.6. The van der Waals surface area contributed by atoms with Gasteiger partial charge >= 0.3 is 0 Å². The molecule has 4 N–H and O–H groups in total. The van der Waals surface area contributed by atoms with Crippen molar-refractivity contribution in [3.63, 3.8) is 0 Å². The largest absolute Gasteiger partial charge is 0.397 e. The monoisotopic (exact) mass is 296 g/mol. The van der Waals surface area contributed by atoms with Gasteiger partial charge in [0.1, 0.15) is 0 Å². The van der Waals surface area contributed by atoms with Crippen LogP contribution in [0.25, 0.3) is 21.8 Å². The Hall–Kier alpha value is -3.42. The van der Waals surface area contributed by atoms with Gasteiger partial charge in [-0.15, -0.1) is 0 Å². The quantitative estimate of drug-likeness (QED) is 0.367. The second-order valence-electron chi connectivity index (χ2n) is 4.52. The van der Waals surface area contributed by atoms with E-state index in [1.807, 2.05) is 6.07 Å². The van der Waals surface area contributed by atoms with Crippen LogP contribution < -0.4 is 5.73 Å². The number of aromatic nitrogens is 4. The van der Waals surface area contributed by atoms with Crippen LogP contribution in [0.15, 0.2) is 49.3 Å². The van der Waals surface area contributed by atoms with Gasteiger partial charge in [-0.1, -0.05) is 0 Å². The number of fused-ring (bicyclic) bond motifs is 2. The molecular weight excluding hydrogens is 284 g/mol. The minimum atomic E-state index is -0.430. The van der Waals surface area contributed by atoms with E-state index in [2.05, 4.69) is 19.9 Å². The maximum atomic E-state index is 10.4. The molecule has 0 atom stereocenters. The van der Waals surface area contributed by atoms with Gasteiger partial charge < -0.3 is 15.7 Å². The summed E-state index contributed by atoms with van der Waals surface area (Å²) in [4.78, 5) is 23.6. The van der Waals surface area contributed by atoms with E-state index < -0.39 is 4.92 Å². The van der Waals surface area contributed by atoms with Gasteiger partial charge in [0.2, 0.25) is 0 Å². The van der Waals surface area contributed by atoms with E-state index in [1.165, 1.54) is 12.4 Å². The molecule has 8 heteroatoms. The summed E-state index contributed by atoms with van der Waals surface area (Å²) in [6.45, 7) is 0. The average molecular weight is 296 g/mol. The van der Waals surface area contributed by atoms with Crippen molar-refractivity contribution < 1.29 is 4.92 Å². The van der Waals surface area contributed by atoms with E-state index in [1.54, 1.807) is 30.9 Å². The first-order chi connectivity index (χ1) is 10.7. The summed E-state index contributed by atoms with van der Waals surface area (Å²) < 4.78 is 0. The fourth-order valence-corrected chi connectivity index (χ4v) is 2.08. The number of anilines is 1. The smallest absolute Gasteiger partial charge is 0.296 e. The molecule has 4 aromatic rings. The lowest BCUT2D eigenvalue weighted by Gasteiger charge is -1.86. The normalized spacial score (nSPS) is 10.4. The third-order valence-electron chi connectivity index (χ3n) is 3.17. The van der Waals surface area contributed by atoms with Gasteiger partial charge in [0.05, 0.1) is 33.2 Å². The molecule has 0 bridgehead atoms. The van der Waals surface area contributed by atoms with Gasteiger partial charge in [-0.3, -0.25) is 20.1 Å². The van der Waals surface area contributed by atoms with Crippen molar-refractivity contribution in [3.05, 3.63) is 59.4 Å². The Morgan fingerprint density at radius 2 is 1.59 bits per heavy atom. The minimum Gasteiger partial charge on any atom is -0.397 e. The Kier molecular flexibility index (Phi) is 3.40. The van der Waals surface area contributed by atoms with Crippen LogP contribution in [-0.4, -0.2) is 24.9 Å². The number of nitrogens with two attached hydrogens (primary N) is 1. The highest BCUT2D eigenvalue weighted by molar-refractivity contribution is 5.90. The Morgan fingerprint density at radius 3 is 2.23 bits per heavy atom. The average Bonchev–Trinajstić information content (AvgIpc) is 3.13. The fraction of sp³-hybridized carbons (Fsp3) is 0. The van der Waals surface area contributed by atoms with E-state index in [0.717, 1.165) is 22.1 Å². The first-order valence-corrected chi connectivity index (χ1v) is 6.39. The summed E-state index contributed by atoms with van der Waals surface area (Å²) in [5, 5.41) is 12.0. The molecule has 0 radical (unpaired) electrons. The molecule has 110 valence electrons. The zero-order chi connectivity index (χ0) is 15.5. The van der Waals surface area contributed by atoms with Gasteiger partial charge in [0.25, 0.3) is 5.69 Å². The summed E-state index contributed by atoms with van der Waals surface area (Å²) in [6.07, 6.45) is 9.69. The van der Waals surface area contributed by atoms with E-state index in [0.29, 0.717) is 5.39 Å². The molecule has 22 heavy (non-hydrogen) atoms. The maximum absolute atomic E-state index is 10.4. The number of nitro groups is 1. The summed E-state index contributed by atoms with van der Waals surface area (Å²) >= 11 is 0. The number of hydrogen-bond donors (Lipinski definition) is 3. The molecule has 0 spiro atoms. The maximum Gasteiger partial charge on any atom is 0.296 e. The summed E-state index contributed by atoms with van der Waals surface area (Å²) in [5.74, 6) is 0. The Balaban J connectivity index is 0.000000133. The molecule has 0 fully saturated rings. The number of pyridine rings is 2. The molecule has 0 amide bonds. The minimum absolute atomic E-state index is 0.0677. The van der Waals surface area contributed by atoms with Gasteiger partial charge in [-0.05, 0) is 12.1 Å². The second-order valence-corrected chi connectivity index (χ2v) is 4.52. The number of nitrogen functional groups attached to an aromatic ring is 1. The number of aromatic amines is 2. The van der Waals surface area contributed by atoms with Crippen molar-refractivity contribution in [2.24, 2.45) is 0 Å². The number of nitrogens with one attached hydrogen (secondary N) is 2. The molecule has 0 aromatic carbocycles. The summed E-state index contributed by atoms with van der Waals surface area (Å²) in [7, 11) is 0. The molecule has 0 saturated carbocycles. The van der Waals surface area contributed by atoms with Crippen LogP contribution in [0.2, 0.25) is 0 Å². The highest BCUT2D eigenvalue weighted by Crippen LogP contribution is 2.23. The number of nitrogens with zero attached hydrogens (tertiary/aromatic N) is 3. The first kappa shape index (κ1) is 13.6. The molecule has 8 nitrogen and oxygen atoms in total. The molecular formula is C14H12N6O2. The predicted molar refractivity (Wildman–Crippen MR) is 83.3 cm³/mol. The first-order valence-electron chi connectivity index (χ1n) is 6.39. The SMILES string of the molecule is Nc1c[nH]c2ccncc12.O=[N+]([O-])c1c[nH]c2ccncc12. The van der Waals surface area contributed by atoms with E-state index in [4.69, 9.17) is 5.73 Å². The van der Waals surface area contributed by atoms with Gasteiger partial charge in [0.15, 0.2) is 0 Å². The van der Waals surface area contributed by atoms with Crippen molar-refractivity contribution in [2.75, 3.05) is 5.73 Å². The predicted octanol–water partition coefficient (Wildman–Crippen LogP) is 2.62. The van der Waals surface area contributed by atoms with Crippen molar-refractivity contribution in [3.8, 4) is 0 Å². The molecule has 4 rings (SSSR count). The lowest BCUT2D eigenvalue weighted by Crippen LogP contribution is -1.84. The molecule has 0 saturated heterocycles. The van der Waals surface area contributed by atoms with E-state index in [-0.39, 0.29) is 5.69 Å². The van der Waals surface area contributed by atoms with E-state index in [9.17, 15) is 10.1 Å². The highest BCUT2D eigenvalue weighted by Gasteiger charge is 2.12. The number of H-pyrrole nitrogens is 2. The Labute approximate surface area is 124 Å². The van der Waals surface area contributed by atoms with E-state index >= 15 is 0 Å². The third-order valence-corrected chi connectivity index (χ3v) is 3.17. The van der Waals surface area contributed by atoms with Gasteiger partial charge in [-0.2, -0.15) is 0 Å². The summed E-state index contributed by atoms with van der Waals surface area (Å²) in [5.41, 5.74) is 8.19. The third kappa shape index (κ3) is 2.44. The molecule has 4 heterocycles. The summed E-state index contributed by atoms with van der Waals surface area (Å²) in [6, 6.07) is 3.59. The molecule has 0 aliphatic rings. The Bertz CT molecular complexity index is 942. The van der Waals surface area contributed by atoms with Gasteiger partial charge in [-0.25, -0.2) is 0 Å². The van der Waals surface area contributed by atoms with Crippen molar-refractivity contribution in [1.82, 2.24) is 19.9 Å². The van der Waals surface area contributed by atoms with Crippen LogP contribution in [-0.2, 0) is 0 Å². The van der Waals surface area contributed by atoms with Crippen LogP contribution in [0.1, 0.15) is 0 Å². The van der Waals surface area contributed by atoms with Gasteiger partial charge in [0, 0.05) is 36.4 Å². The number of rotatable bonds is 1. The van der Waals surface area contributed by atoms with Crippen LogP contribution in [0.5, 0.6) is 0 Å². The van der Waals surface area contributed by atoms with Crippen LogP contribution in [0.3, 0.4) is 0 Å². The van der Waals surface area contributed by atoms with Crippen LogP contribution >= 0.6 is 0 Å². The van der Waals surface area contributed by atoms with Crippen LogP contribution in [0, 0.1) is 10.1 Å². The second kappa shape index (κ2) is 5.52. The van der Waals surface area contributed by atoms with Crippen LogP contribution in [0.4, 0.5) is 11.4 Å². The lowest BCUT2D eigenvalue weighted by atomic mass is 10.3. The fourth-order valence-electron chi connectivity index (χ4n) is 2.08. The zero-order valence-corrected chi connectivity index (χ0v) is 11.4. The molecule has 0 aliphatic heterocycles. The molecule has 0 unspecified atom stereocenters.